The largest absolute Gasteiger partial charge is 0.493 e. The number of nitrogens with one attached hydrogen (secondary N) is 1. The number of ether oxygens (including phenoxy) is 2. The van der Waals surface area contributed by atoms with Crippen LogP contribution in [0, 0.1) is 5.92 Å². The first-order chi connectivity index (χ1) is 12.3. The average Bonchev–Trinajstić information content (AvgIpc) is 2.58. The second-order valence-corrected chi connectivity index (χ2v) is 8.20. The Morgan fingerprint density at radius 2 is 2.00 bits per heavy atom. The topological polar surface area (TPSA) is 67.8 Å². The van der Waals surface area contributed by atoms with Crippen molar-refractivity contribution in [3.8, 4) is 5.75 Å². The van der Waals surface area contributed by atoms with E-state index < -0.39 is 17.8 Å². The molecule has 1 aliphatic rings. The predicted molar refractivity (Wildman–Crippen MR) is 102 cm³/mol. The van der Waals surface area contributed by atoms with Crippen molar-refractivity contribution in [1.29, 1.82) is 0 Å². The summed E-state index contributed by atoms with van der Waals surface area (Å²) in [4.78, 5) is 11.6. The molecule has 1 amide bonds. The van der Waals surface area contributed by atoms with E-state index in [4.69, 9.17) is 9.47 Å². The Kier molecular flexibility index (Phi) is 7.76. The van der Waals surface area contributed by atoms with Gasteiger partial charge in [0.15, 0.2) is 0 Å². The Hall–Kier alpha value is -1.75. The minimum atomic E-state index is -0.670. The lowest BCUT2D eigenvalue weighted by Gasteiger charge is -2.22. The molecular formula is C21H33NO4. The molecule has 5 nitrogen and oxygen atoms in total. The van der Waals surface area contributed by atoms with E-state index in [1.54, 1.807) is 0 Å². The van der Waals surface area contributed by atoms with E-state index in [1.807, 2.05) is 45.0 Å². The fourth-order valence-electron chi connectivity index (χ4n) is 3.19. The van der Waals surface area contributed by atoms with Gasteiger partial charge in [0.25, 0.3) is 0 Å². The summed E-state index contributed by atoms with van der Waals surface area (Å²) in [5.74, 6) is 1.51. The summed E-state index contributed by atoms with van der Waals surface area (Å²) in [6.45, 7) is 6.35. The van der Waals surface area contributed by atoms with Gasteiger partial charge in [-0.3, -0.25) is 0 Å². The van der Waals surface area contributed by atoms with Gasteiger partial charge in [0, 0.05) is 13.0 Å². The van der Waals surface area contributed by atoms with E-state index in [2.05, 4.69) is 5.32 Å². The Morgan fingerprint density at radius 3 is 2.69 bits per heavy atom. The molecule has 0 aliphatic heterocycles. The second-order valence-electron chi connectivity index (χ2n) is 8.20. The molecule has 0 aromatic heterocycles. The monoisotopic (exact) mass is 363 g/mol. The molecule has 2 N–H and O–H groups in total. The number of aliphatic hydroxyl groups is 1. The van der Waals surface area contributed by atoms with Gasteiger partial charge in [-0.05, 0) is 57.2 Å². The third-order valence-electron chi connectivity index (χ3n) is 4.46. The molecule has 1 saturated carbocycles. The highest BCUT2D eigenvalue weighted by Gasteiger charge is 2.17. The molecule has 2 rings (SSSR count). The number of hydrogen-bond acceptors (Lipinski definition) is 4. The normalized spacial score (nSPS) is 16.8. The maximum Gasteiger partial charge on any atom is 0.407 e. The van der Waals surface area contributed by atoms with Crippen molar-refractivity contribution >= 4 is 6.09 Å². The zero-order valence-electron chi connectivity index (χ0n) is 16.3. The maximum atomic E-state index is 11.6. The molecule has 0 radical (unpaired) electrons. The van der Waals surface area contributed by atoms with Crippen molar-refractivity contribution in [2.75, 3.05) is 13.2 Å². The zero-order chi connectivity index (χ0) is 19.0. The molecular weight excluding hydrogens is 330 g/mol. The Morgan fingerprint density at radius 1 is 1.27 bits per heavy atom. The van der Waals surface area contributed by atoms with E-state index in [0.717, 1.165) is 17.9 Å². The van der Waals surface area contributed by atoms with Gasteiger partial charge in [-0.2, -0.15) is 0 Å². The number of alkyl carbamates (subject to hydrolysis) is 1. The lowest BCUT2D eigenvalue weighted by molar-refractivity contribution is 0.0492. The molecule has 5 heteroatoms. The van der Waals surface area contributed by atoms with E-state index in [9.17, 15) is 9.90 Å². The SMILES string of the molecule is CC(C)(C)OC(=O)NCC(O)Cc1cccc(OCC2CCCCC2)c1. The number of carbonyl (C=O) groups excluding carboxylic acids is 1. The third-order valence-corrected chi connectivity index (χ3v) is 4.46. The number of aliphatic hydroxyl groups excluding tert-OH is 1. The van der Waals surface area contributed by atoms with Gasteiger partial charge in [-0.1, -0.05) is 31.4 Å². The zero-order valence-corrected chi connectivity index (χ0v) is 16.3. The van der Waals surface area contributed by atoms with Gasteiger partial charge in [-0.15, -0.1) is 0 Å². The molecule has 1 aromatic carbocycles. The summed E-state index contributed by atoms with van der Waals surface area (Å²) in [5.41, 5.74) is 0.448. The predicted octanol–water partition coefficient (Wildman–Crippen LogP) is 4.07. The molecule has 0 heterocycles. The second kappa shape index (κ2) is 9.81. The minimum Gasteiger partial charge on any atom is -0.493 e. The Labute approximate surface area is 157 Å². The number of carbonyl (C=O) groups is 1. The lowest BCUT2D eigenvalue weighted by Crippen LogP contribution is -2.37. The van der Waals surface area contributed by atoms with Gasteiger partial charge in [0.2, 0.25) is 0 Å². The van der Waals surface area contributed by atoms with Crippen molar-refractivity contribution in [3.05, 3.63) is 29.8 Å². The highest BCUT2D eigenvalue weighted by atomic mass is 16.6. The lowest BCUT2D eigenvalue weighted by atomic mass is 9.90. The Balaban J connectivity index is 1.75. The molecule has 1 atom stereocenters. The van der Waals surface area contributed by atoms with Crippen molar-refractivity contribution in [2.24, 2.45) is 5.92 Å². The number of rotatable bonds is 7. The van der Waals surface area contributed by atoms with Crippen LogP contribution in [0.15, 0.2) is 24.3 Å². The first kappa shape index (κ1) is 20.6. The Bertz CT molecular complexity index is 561. The minimum absolute atomic E-state index is 0.155. The fourth-order valence-corrected chi connectivity index (χ4v) is 3.19. The van der Waals surface area contributed by atoms with Crippen molar-refractivity contribution in [3.63, 3.8) is 0 Å². The third kappa shape index (κ3) is 8.09. The number of benzene rings is 1. The van der Waals surface area contributed by atoms with E-state index in [1.165, 1.54) is 32.1 Å². The maximum absolute atomic E-state index is 11.6. The molecule has 146 valence electrons. The van der Waals surface area contributed by atoms with Gasteiger partial charge < -0.3 is 19.9 Å². The average molecular weight is 363 g/mol. The van der Waals surface area contributed by atoms with Crippen LogP contribution in [0.25, 0.3) is 0 Å². The van der Waals surface area contributed by atoms with Gasteiger partial charge >= 0.3 is 6.09 Å². The molecule has 1 aliphatic carbocycles. The molecule has 1 aromatic rings. The van der Waals surface area contributed by atoms with Crippen LogP contribution >= 0.6 is 0 Å². The smallest absolute Gasteiger partial charge is 0.407 e. The molecule has 1 fully saturated rings. The summed E-state index contributed by atoms with van der Waals surface area (Å²) >= 11 is 0. The standard InChI is InChI=1S/C21H33NO4/c1-21(2,3)26-20(24)22-14-18(23)12-17-10-7-11-19(13-17)25-15-16-8-5-4-6-9-16/h7,10-11,13,16,18,23H,4-6,8-9,12,14-15H2,1-3H3,(H,22,24). The summed E-state index contributed by atoms with van der Waals surface area (Å²) in [6, 6.07) is 7.83. The molecule has 0 bridgehead atoms. The van der Waals surface area contributed by atoms with E-state index in [-0.39, 0.29) is 6.54 Å². The van der Waals surface area contributed by atoms with Gasteiger partial charge in [-0.25, -0.2) is 4.79 Å². The summed E-state index contributed by atoms with van der Waals surface area (Å²) in [6.07, 6.45) is 5.76. The van der Waals surface area contributed by atoms with Crippen LogP contribution in [0.2, 0.25) is 0 Å². The number of hydrogen-bond donors (Lipinski definition) is 2. The summed E-state index contributed by atoms with van der Waals surface area (Å²) in [7, 11) is 0. The quantitative estimate of drug-likeness (QED) is 0.766. The van der Waals surface area contributed by atoms with Crippen LogP contribution in [0.3, 0.4) is 0 Å². The van der Waals surface area contributed by atoms with Crippen molar-refractivity contribution in [1.82, 2.24) is 5.32 Å². The molecule has 0 spiro atoms. The highest BCUT2D eigenvalue weighted by Crippen LogP contribution is 2.25. The van der Waals surface area contributed by atoms with Crippen LogP contribution in [0.5, 0.6) is 5.75 Å². The van der Waals surface area contributed by atoms with E-state index >= 15 is 0 Å². The van der Waals surface area contributed by atoms with Crippen LogP contribution in [0.1, 0.15) is 58.4 Å². The van der Waals surface area contributed by atoms with Crippen LogP contribution in [-0.4, -0.2) is 36.1 Å². The summed E-state index contributed by atoms with van der Waals surface area (Å²) in [5, 5.41) is 12.8. The highest BCUT2D eigenvalue weighted by molar-refractivity contribution is 5.67. The van der Waals surface area contributed by atoms with Gasteiger partial charge in [0.05, 0.1) is 12.7 Å². The van der Waals surface area contributed by atoms with Gasteiger partial charge in [0.1, 0.15) is 11.4 Å². The fraction of sp³-hybridized carbons (Fsp3) is 0.667. The number of amides is 1. The first-order valence-corrected chi connectivity index (χ1v) is 9.68. The van der Waals surface area contributed by atoms with E-state index in [0.29, 0.717) is 12.3 Å². The van der Waals surface area contributed by atoms with Crippen molar-refractivity contribution < 1.29 is 19.4 Å². The van der Waals surface area contributed by atoms with Crippen molar-refractivity contribution in [2.45, 2.75) is 71.0 Å². The van der Waals surface area contributed by atoms with Crippen LogP contribution in [-0.2, 0) is 11.2 Å². The van der Waals surface area contributed by atoms with Crippen LogP contribution in [0.4, 0.5) is 4.79 Å². The summed E-state index contributed by atoms with van der Waals surface area (Å²) < 4.78 is 11.1. The molecule has 1 unspecified atom stereocenters. The first-order valence-electron chi connectivity index (χ1n) is 9.68. The van der Waals surface area contributed by atoms with Crippen LogP contribution < -0.4 is 10.1 Å². The molecule has 0 saturated heterocycles. The molecule has 26 heavy (non-hydrogen) atoms.